The Labute approximate surface area is 133 Å². The van der Waals surface area contributed by atoms with E-state index in [9.17, 15) is 0 Å². The quantitative estimate of drug-likeness (QED) is 0.749. The molecule has 0 atom stereocenters. The molecule has 1 aliphatic rings. The standard InChI is InChI=1S/C14H18BrClN2S/c1-2-7-18(9-10-3-4-10)14(19)17-11-5-6-12(15)13(16)8-11/h5-6,8,10H,2-4,7,9H2,1H3,(H,17,19). The second-order valence-corrected chi connectivity index (χ2v) is 6.60. The highest BCUT2D eigenvalue weighted by atomic mass is 79.9. The van der Waals surface area contributed by atoms with Gasteiger partial charge in [-0.25, -0.2) is 0 Å². The molecule has 0 heterocycles. The van der Waals surface area contributed by atoms with Gasteiger partial charge in [-0.15, -0.1) is 0 Å². The molecule has 1 aliphatic carbocycles. The van der Waals surface area contributed by atoms with Gasteiger partial charge in [-0.1, -0.05) is 18.5 Å². The summed E-state index contributed by atoms with van der Waals surface area (Å²) in [7, 11) is 0. The lowest BCUT2D eigenvalue weighted by Crippen LogP contribution is -2.36. The van der Waals surface area contributed by atoms with Crippen LogP contribution in [0.1, 0.15) is 26.2 Å². The van der Waals surface area contributed by atoms with Gasteiger partial charge in [0.1, 0.15) is 0 Å². The number of anilines is 1. The Morgan fingerprint density at radius 1 is 1.53 bits per heavy atom. The highest BCUT2D eigenvalue weighted by Crippen LogP contribution is 2.30. The number of nitrogens with zero attached hydrogens (tertiary/aromatic N) is 1. The molecule has 5 heteroatoms. The van der Waals surface area contributed by atoms with Crippen molar-refractivity contribution in [2.24, 2.45) is 5.92 Å². The molecule has 1 fully saturated rings. The predicted octanol–water partition coefficient (Wildman–Crippen LogP) is 4.92. The van der Waals surface area contributed by atoms with Gasteiger partial charge in [0.05, 0.1) is 5.02 Å². The van der Waals surface area contributed by atoms with E-state index in [1.54, 1.807) is 0 Å². The maximum atomic E-state index is 6.09. The van der Waals surface area contributed by atoms with Crippen molar-refractivity contribution in [2.75, 3.05) is 18.4 Å². The van der Waals surface area contributed by atoms with Crippen LogP contribution in [0, 0.1) is 5.92 Å². The summed E-state index contributed by atoms with van der Waals surface area (Å²) in [6, 6.07) is 5.79. The molecule has 0 spiro atoms. The lowest BCUT2D eigenvalue weighted by Gasteiger charge is -2.25. The monoisotopic (exact) mass is 360 g/mol. The maximum absolute atomic E-state index is 6.09. The van der Waals surface area contributed by atoms with Gasteiger partial charge in [0.15, 0.2) is 5.11 Å². The Balaban J connectivity index is 1.98. The molecule has 1 aromatic carbocycles. The van der Waals surface area contributed by atoms with Crippen LogP contribution in [0.4, 0.5) is 5.69 Å². The smallest absolute Gasteiger partial charge is 0.173 e. The third-order valence-corrected chi connectivity index (χ3v) is 4.72. The minimum atomic E-state index is 0.692. The zero-order chi connectivity index (χ0) is 13.8. The molecule has 1 aromatic rings. The number of hydrogen-bond donors (Lipinski definition) is 1. The molecule has 1 N–H and O–H groups in total. The maximum Gasteiger partial charge on any atom is 0.173 e. The molecule has 0 unspecified atom stereocenters. The van der Waals surface area contributed by atoms with Crippen LogP contribution in [0.5, 0.6) is 0 Å². The lowest BCUT2D eigenvalue weighted by atomic mass is 10.3. The fourth-order valence-corrected chi connectivity index (χ4v) is 2.65. The van der Waals surface area contributed by atoms with Gasteiger partial charge in [-0.2, -0.15) is 0 Å². The van der Waals surface area contributed by atoms with Crippen LogP contribution >= 0.6 is 39.7 Å². The Morgan fingerprint density at radius 3 is 2.84 bits per heavy atom. The molecule has 19 heavy (non-hydrogen) atoms. The lowest BCUT2D eigenvalue weighted by molar-refractivity contribution is 0.404. The number of benzene rings is 1. The average molecular weight is 362 g/mol. The largest absolute Gasteiger partial charge is 0.349 e. The zero-order valence-electron chi connectivity index (χ0n) is 11.0. The van der Waals surface area contributed by atoms with Gasteiger partial charge in [0.2, 0.25) is 0 Å². The van der Waals surface area contributed by atoms with Crippen LogP contribution in [0.3, 0.4) is 0 Å². The molecule has 1 saturated carbocycles. The third-order valence-electron chi connectivity index (χ3n) is 3.13. The normalized spacial score (nSPS) is 14.3. The molecule has 2 nitrogen and oxygen atoms in total. The van der Waals surface area contributed by atoms with Crippen LogP contribution in [0.25, 0.3) is 0 Å². The summed E-state index contributed by atoms with van der Waals surface area (Å²) in [5.74, 6) is 0.833. The summed E-state index contributed by atoms with van der Waals surface area (Å²) in [6.45, 7) is 4.26. The van der Waals surface area contributed by atoms with Crippen molar-refractivity contribution >= 4 is 50.5 Å². The topological polar surface area (TPSA) is 15.3 Å². The summed E-state index contributed by atoms with van der Waals surface area (Å²) in [5, 5.41) is 4.77. The van der Waals surface area contributed by atoms with E-state index in [0.717, 1.165) is 40.7 Å². The Bertz CT molecular complexity index is 463. The predicted molar refractivity (Wildman–Crippen MR) is 90.0 cm³/mol. The van der Waals surface area contributed by atoms with Gasteiger partial charge in [0, 0.05) is 23.2 Å². The van der Waals surface area contributed by atoms with E-state index in [2.05, 4.69) is 33.1 Å². The van der Waals surface area contributed by atoms with Crippen LogP contribution in [0.15, 0.2) is 22.7 Å². The molecule has 0 amide bonds. The number of halogens is 2. The fraction of sp³-hybridized carbons (Fsp3) is 0.500. The molecule has 0 bridgehead atoms. The molecule has 0 saturated heterocycles. The van der Waals surface area contributed by atoms with Crippen molar-refractivity contribution < 1.29 is 0 Å². The van der Waals surface area contributed by atoms with E-state index in [0.29, 0.717) is 5.02 Å². The molecule has 0 radical (unpaired) electrons. The van der Waals surface area contributed by atoms with Crippen LogP contribution < -0.4 is 5.32 Å². The number of thiocarbonyl (C=S) groups is 1. The molecule has 2 rings (SSSR count). The first-order valence-corrected chi connectivity index (χ1v) is 8.19. The minimum Gasteiger partial charge on any atom is -0.349 e. The zero-order valence-corrected chi connectivity index (χ0v) is 14.1. The van der Waals surface area contributed by atoms with E-state index >= 15 is 0 Å². The Hall–Kier alpha value is -0.320. The van der Waals surface area contributed by atoms with Crippen LogP contribution in [0.2, 0.25) is 5.02 Å². The highest BCUT2D eigenvalue weighted by molar-refractivity contribution is 9.10. The van der Waals surface area contributed by atoms with Crippen molar-refractivity contribution in [1.29, 1.82) is 0 Å². The van der Waals surface area contributed by atoms with Gasteiger partial charge in [-0.05, 0) is 71.5 Å². The first-order chi connectivity index (χ1) is 9.10. The summed E-state index contributed by atoms with van der Waals surface area (Å²) in [4.78, 5) is 2.27. The summed E-state index contributed by atoms with van der Waals surface area (Å²) in [5.41, 5.74) is 0.940. The second kappa shape index (κ2) is 6.91. The van der Waals surface area contributed by atoms with Crippen molar-refractivity contribution in [3.8, 4) is 0 Å². The molecule has 0 aromatic heterocycles. The van der Waals surface area contributed by atoms with Gasteiger partial charge in [-0.3, -0.25) is 0 Å². The van der Waals surface area contributed by atoms with Crippen molar-refractivity contribution in [3.05, 3.63) is 27.7 Å². The van der Waals surface area contributed by atoms with E-state index in [1.807, 2.05) is 18.2 Å². The minimum absolute atomic E-state index is 0.692. The number of rotatable bonds is 5. The molecular weight excluding hydrogens is 344 g/mol. The Kier molecular flexibility index (Phi) is 5.48. The first kappa shape index (κ1) is 15.1. The van der Waals surface area contributed by atoms with E-state index < -0.39 is 0 Å². The van der Waals surface area contributed by atoms with E-state index in [-0.39, 0.29) is 0 Å². The van der Waals surface area contributed by atoms with E-state index in [1.165, 1.54) is 12.8 Å². The number of nitrogens with one attached hydrogen (secondary N) is 1. The fourth-order valence-electron chi connectivity index (χ4n) is 1.93. The average Bonchev–Trinajstić information content (AvgIpc) is 3.17. The summed E-state index contributed by atoms with van der Waals surface area (Å²) >= 11 is 15.0. The first-order valence-electron chi connectivity index (χ1n) is 6.61. The van der Waals surface area contributed by atoms with Gasteiger partial charge in [0.25, 0.3) is 0 Å². The van der Waals surface area contributed by atoms with Crippen LogP contribution in [-0.4, -0.2) is 23.1 Å². The van der Waals surface area contributed by atoms with E-state index in [4.69, 9.17) is 23.8 Å². The molecule has 104 valence electrons. The summed E-state index contributed by atoms with van der Waals surface area (Å²) < 4.78 is 0.897. The molecule has 0 aliphatic heterocycles. The highest BCUT2D eigenvalue weighted by Gasteiger charge is 2.25. The molecular formula is C14H18BrClN2S. The van der Waals surface area contributed by atoms with Crippen molar-refractivity contribution in [2.45, 2.75) is 26.2 Å². The SMILES string of the molecule is CCCN(CC1CC1)C(=S)Nc1ccc(Br)c(Cl)c1. The van der Waals surface area contributed by atoms with Crippen molar-refractivity contribution in [1.82, 2.24) is 4.90 Å². The van der Waals surface area contributed by atoms with Crippen molar-refractivity contribution in [3.63, 3.8) is 0 Å². The van der Waals surface area contributed by atoms with Crippen LogP contribution in [-0.2, 0) is 0 Å². The number of hydrogen-bond acceptors (Lipinski definition) is 1. The summed E-state index contributed by atoms with van der Waals surface area (Å²) in [6.07, 6.45) is 3.79. The third kappa shape index (κ3) is 4.62. The van der Waals surface area contributed by atoms with Gasteiger partial charge < -0.3 is 10.2 Å². The second-order valence-electron chi connectivity index (χ2n) is 4.95. The van der Waals surface area contributed by atoms with Gasteiger partial charge >= 0.3 is 0 Å². The Morgan fingerprint density at radius 2 is 2.26 bits per heavy atom.